The van der Waals surface area contributed by atoms with Crippen molar-refractivity contribution in [3.05, 3.63) is 33.9 Å². The summed E-state index contributed by atoms with van der Waals surface area (Å²) in [5.41, 5.74) is -0.0445. The van der Waals surface area contributed by atoms with E-state index < -0.39 is 48.3 Å². The first-order valence-electron chi connectivity index (χ1n) is 10.1. The number of alkyl halides is 3. The smallest absolute Gasteiger partial charge is 0.475 e. The monoisotopic (exact) mass is 512 g/mol. The molecule has 0 saturated carbocycles. The summed E-state index contributed by atoms with van der Waals surface area (Å²) in [6.07, 6.45) is -7.95. The van der Waals surface area contributed by atoms with Gasteiger partial charge in [-0.3, -0.25) is 0 Å². The summed E-state index contributed by atoms with van der Waals surface area (Å²) in [7, 11) is 0. The second-order valence-corrected chi connectivity index (χ2v) is 8.80. The van der Waals surface area contributed by atoms with Crippen LogP contribution < -0.4 is 10.4 Å². The van der Waals surface area contributed by atoms with Crippen LogP contribution in [0, 0.1) is 0 Å². The number of carbonyl (C=O) groups is 2. The first-order valence-corrected chi connectivity index (χ1v) is 10.5. The SMILES string of the molecule is CC(CCOC(=O)OCOC(=O)C1=Cc2cc(Cl)c(C(C)(C)C)cc2OC1C(F)(F)F)O[NH2+]O. The molecule has 0 saturated heterocycles. The zero-order valence-corrected chi connectivity index (χ0v) is 19.7. The molecule has 0 aromatic heterocycles. The van der Waals surface area contributed by atoms with Gasteiger partial charge in [-0.1, -0.05) is 38.0 Å². The molecule has 2 atom stereocenters. The van der Waals surface area contributed by atoms with Gasteiger partial charge in [-0.2, -0.15) is 23.2 Å². The van der Waals surface area contributed by atoms with E-state index in [2.05, 4.69) is 9.47 Å². The van der Waals surface area contributed by atoms with Gasteiger partial charge in [0, 0.05) is 17.0 Å². The van der Waals surface area contributed by atoms with Gasteiger partial charge in [0.25, 0.3) is 0 Å². The predicted molar refractivity (Wildman–Crippen MR) is 111 cm³/mol. The predicted octanol–water partition coefficient (Wildman–Crippen LogP) is 3.66. The zero-order valence-electron chi connectivity index (χ0n) is 18.9. The average molecular weight is 513 g/mol. The Morgan fingerprint density at radius 2 is 1.88 bits per heavy atom. The molecule has 0 amide bonds. The van der Waals surface area contributed by atoms with E-state index in [4.69, 9.17) is 31.1 Å². The number of halogens is 4. The molecule has 0 bridgehead atoms. The number of esters is 1. The van der Waals surface area contributed by atoms with Gasteiger partial charge in [0.05, 0.1) is 12.2 Å². The number of rotatable bonds is 8. The molecule has 1 aromatic carbocycles. The van der Waals surface area contributed by atoms with Crippen LogP contribution in [-0.4, -0.2) is 49.1 Å². The topological polar surface area (TPSA) is 117 Å². The second-order valence-electron chi connectivity index (χ2n) is 8.39. The Balaban J connectivity index is 2.08. The minimum absolute atomic E-state index is 0.0787. The lowest BCUT2D eigenvalue weighted by Gasteiger charge is -2.30. The van der Waals surface area contributed by atoms with Crippen molar-refractivity contribution >= 4 is 29.8 Å². The van der Waals surface area contributed by atoms with Crippen LogP contribution in [0.2, 0.25) is 5.02 Å². The van der Waals surface area contributed by atoms with Crippen molar-refractivity contribution < 1.29 is 57.4 Å². The lowest BCUT2D eigenvalue weighted by Crippen LogP contribution is -2.80. The zero-order chi connectivity index (χ0) is 25.7. The summed E-state index contributed by atoms with van der Waals surface area (Å²) in [6.45, 7) is 6.02. The molecule has 1 aliphatic rings. The Labute approximate surface area is 198 Å². The highest BCUT2D eigenvalue weighted by Crippen LogP contribution is 2.42. The van der Waals surface area contributed by atoms with Gasteiger partial charge in [0.2, 0.25) is 12.9 Å². The molecular formula is C21H26ClF3NO8+. The van der Waals surface area contributed by atoms with Crippen molar-refractivity contribution in [2.75, 3.05) is 13.4 Å². The van der Waals surface area contributed by atoms with Crippen molar-refractivity contribution in [2.45, 2.75) is 57.9 Å². The van der Waals surface area contributed by atoms with E-state index in [1.807, 2.05) is 20.8 Å². The van der Waals surface area contributed by atoms with E-state index in [-0.39, 0.29) is 24.3 Å². The minimum atomic E-state index is -4.92. The standard InChI is InChI=1S/C21H26ClF3NO8/c1-11(34-26-29)5-6-30-19(28)32-10-31-18(27)13-7-12-8-15(22)14(20(2,3)4)9-16(12)33-17(13)21(23,24)25/h7-9,11,17,29H,5-6,10,26H2,1-4H3/q+1. The number of ether oxygens (including phenoxy) is 4. The van der Waals surface area contributed by atoms with E-state index in [1.54, 1.807) is 6.92 Å². The number of nitrogens with two attached hydrogens (primary N) is 1. The molecule has 0 spiro atoms. The molecule has 1 heterocycles. The van der Waals surface area contributed by atoms with E-state index in [0.717, 1.165) is 6.08 Å². The van der Waals surface area contributed by atoms with Crippen LogP contribution >= 0.6 is 11.6 Å². The van der Waals surface area contributed by atoms with Crippen LogP contribution in [0.15, 0.2) is 17.7 Å². The molecule has 0 aliphatic carbocycles. The second kappa shape index (κ2) is 11.3. The number of carbonyl (C=O) groups excluding carboxylic acids is 2. The fraction of sp³-hybridized carbons (Fsp3) is 0.524. The normalized spacial score (nSPS) is 16.6. The van der Waals surface area contributed by atoms with Gasteiger partial charge in [-0.05, 0) is 36.1 Å². The highest BCUT2D eigenvalue weighted by molar-refractivity contribution is 6.31. The third-order valence-electron chi connectivity index (χ3n) is 4.68. The van der Waals surface area contributed by atoms with E-state index in [0.29, 0.717) is 16.2 Å². The highest BCUT2D eigenvalue weighted by Gasteiger charge is 2.49. The summed E-state index contributed by atoms with van der Waals surface area (Å²) in [4.78, 5) is 28.6. The Morgan fingerprint density at radius 1 is 1.21 bits per heavy atom. The van der Waals surface area contributed by atoms with Crippen molar-refractivity contribution in [2.24, 2.45) is 0 Å². The maximum atomic E-state index is 13.6. The lowest BCUT2D eigenvalue weighted by atomic mass is 9.85. The maximum absolute atomic E-state index is 13.6. The van der Waals surface area contributed by atoms with Crippen LogP contribution in [0.25, 0.3) is 6.08 Å². The third-order valence-corrected chi connectivity index (χ3v) is 5.00. The van der Waals surface area contributed by atoms with Crippen molar-refractivity contribution in [3.63, 3.8) is 0 Å². The van der Waals surface area contributed by atoms with Crippen LogP contribution in [0.5, 0.6) is 5.75 Å². The number of fused-ring (bicyclic) bond motifs is 1. The molecule has 34 heavy (non-hydrogen) atoms. The van der Waals surface area contributed by atoms with Crippen LogP contribution in [0.4, 0.5) is 18.0 Å². The first-order chi connectivity index (χ1) is 15.7. The van der Waals surface area contributed by atoms with Gasteiger partial charge in [0.1, 0.15) is 11.9 Å². The molecule has 1 aliphatic heterocycles. The van der Waals surface area contributed by atoms with Crippen LogP contribution in [-0.2, 0) is 29.3 Å². The molecule has 2 unspecified atom stereocenters. The molecular weight excluding hydrogens is 487 g/mol. The molecule has 3 N–H and O–H groups in total. The Bertz CT molecular complexity index is 930. The van der Waals surface area contributed by atoms with E-state index >= 15 is 0 Å². The summed E-state index contributed by atoms with van der Waals surface area (Å²) < 4.78 is 59.9. The third kappa shape index (κ3) is 7.49. The van der Waals surface area contributed by atoms with Crippen molar-refractivity contribution in [3.8, 4) is 5.75 Å². The number of hydrogen-bond donors (Lipinski definition) is 2. The Morgan fingerprint density at radius 3 is 2.47 bits per heavy atom. The van der Waals surface area contributed by atoms with Gasteiger partial charge < -0.3 is 18.9 Å². The molecule has 0 radical (unpaired) electrons. The number of hydrogen-bond acceptors (Lipinski definition) is 8. The fourth-order valence-corrected chi connectivity index (χ4v) is 3.39. The first kappa shape index (κ1) is 27.7. The van der Waals surface area contributed by atoms with Crippen LogP contribution in [0.3, 0.4) is 0 Å². The van der Waals surface area contributed by atoms with Crippen molar-refractivity contribution in [1.29, 1.82) is 0 Å². The Hall–Kier alpha value is -2.54. The van der Waals surface area contributed by atoms with Crippen molar-refractivity contribution in [1.82, 2.24) is 0 Å². The minimum Gasteiger partial charge on any atom is -0.475 e. The summed E-state index contributed by atoms with van der Waals surface area (Å²) in [5, 5.41) is 8.78. The summed E-state index contributed by atoms with van der Waals surface area (Å²) >= 11 is 6.28. The molecule has 2 rings (SSSR count). The van der Waals surface area contributed by atoms with E-state index in [9.17, 15) is 22.8 Å². The molecule has 13 heteroatoms. The largest absolute Gasteiger partial charge is 0.511 e. The fourth-order valence-electron chi connectivity index (χ4n) is 2.94. The Kier molecular flexibility index (Phi) is 9.17. The number of benzene rings is 1. The van der Waals surface area contributed by atoms with Gasteiger partial charge >= 0.3 is 18.3 Å². The molecule has 9 nitrogen and oxygen atoms in total. The maximum Gasteiger partial charge on any atom is 0.511 e. The lowest BCUT2D eigenvalue weighted by molar-refractivity contribution is -1.07. The highest BCUT2D eigenvalue weighted by atomic mass is 35.5. The summed E-state index contributed by atoms with van der Waals surface area (Å²) in [5.74, 6) is -1.47. The summed E-state index contributed by atoms with van der Waals surface area (Å²) in [6, 6.07) is 2.82. The molecule has 190 valence electrons. The molecule has 0 fully saturated rings. The molecule has 1 aromatic rings. The van der Waals surface area contributed by atoms with Gasteiger partial charge in [-0.15, -0.1) is 0 Å². The quantitative estimate of drug-likeness (QED) is 0.308. The van der Waals surface area contributed by atoms with E-state index in [1.165, 1.54) is 12.1 Å². The van der Waals surface area contributed by atoms with Gasteiger partial charge in [-0.25, -0.2) is 9.59 Å². The average Bonchev–Trinajstić information content (AvgIpc) is 2.71. The number of quaternary nitrogens is 1. The van der Waals surface area contributed by atoms with Crippen LogP contribution in [0.1, 0.15) is 45.2 Å². The van der Waals surface area contributed by atoms with Gasteiger partial charge in [0.15, 0.2) is 0 Å².